The van der Waals surface area contributed by atoms with Gasteiger partial charge in [0.25, 0.3) is 0 Å². The quantitative estimate of drug-likeness (QED) is 0.725. The number of hydrogen-bond donors (Lipinski definition) is 1. The van der Waals surface area contributed by atoms with E-state index in [9.17, 15) is 13.2 Å². The fourth-order valence-corrected chi connectivity index (χ4v) is 0.825. The maximum Gasteiger partial charge on any atom is 0.543 e. The van der Waals surface area contributed by atoms with Gasteiger partial charge < -0.3 is 0 Å². The highest BCUT2D eigenvalue weighted by atomic mass is 19.4. The average Bonchev–Trinajstić information content (AvgIpc) is 2.00. The van der Waals surface area contributed by atoms with Crippen LogP contribution in [0.2, 0.25) is 0 Å². The highest BCUT2D eigenvalue weighted by Crippen LogP contribution is 2.18. The highest BCUT2D eigenvalue weighted by Gasteiger charge is 2.30. The van der Waals surface area contributed by atoms with Crippen LogP contribution in [0.3, 0.4) is 0 Å². The highest BCUT2D eigenvalue weighted by molar-refractivity contribution is 5.43. The van der Waals surface area contributed by atoms with E-state index in [4.69, 9.17) is 0 Å². The molecule has 0 amide bonds. The lowest BCUT2D eigenvalue weighted by Crippen LogP contribution is -2.17. The Balaban J connectivity index is 2.55. The Hall–Kier alpha value is -1.23. The van der Waals surface area contributed by atoms with Crippen molar-refractivity contribution in [3.63, 3.8) is 0 Å². The Kier molecular flexibility index (Phi) is 2.77. The molecule has 1 N–H and O–H groups in total. The van der Waals surface area contributed by atoms with Gasteiger partial charge in [0.15, 0.2) is 0 Å². The molecule has 0 radical (unpaired) electrons. The summed E-state index contributed by atoms with van der Waals surface area (Å²) in [5.74, 6) is 0. The molecule has 13 heavy (non-hydrogen) atoms. The number of benzene rings is 1. The minimum absolute atomic E-state index is 0.275. The van der Waals surface area contributed by atoms with Gasteiger partial charge in [0, 0.05) is 0 Å². The summed E-state index contributed by atoms with van der Waals surface area (Å²) in [4.78, 5) is 3.42. The Bertz CT molecular complexity index is 285. The molecule has 2 nitrogen and oxygen atoms in total. The van der Waals surface area contributed by atoms with Gasteiger partial charge in [-0.3, -0.25) is 5.48 Å². The van der Waals surface area contributed by atoms with E-state index in [1.54, 1.807) is 30.6 Å². The molecular formula is C8H8F3NO. The maximum atomic E-state index is 11.6. The molecule has 1 aromatic carbocycles. The molecular weight excluding hydrogens is 183 g/mol. The molecule has 1 aromatic rings. The van der Waals surface area contributed by atoms with Crippen LogP contribution in [0.25, 0.3) is 0 Å². The summed E-state index contributed by atoms with van der Waals surface area (Å²) in [6.07, 6.45) is -4.66. The van der Waals surface area contributed by atoms with Crippen molar-refractivity contribution in [3.05, 3.63) is 29.8 Å². The van der Waals surface area contributed by atoms with Crippen LogP contribution in [0.5, 0.6) is 0 Å². The first kappa shape index (κ1) is 9.85. The molecule has 0 spiro atoms. The van der Waals surface area contributed by atoms with Gasteiger partial charge >= 0.3 is 6.36 Å². The van der Waals surface area contributed by atoms with Crippen LogP contribution in [0, 0.1) is 6.92 Å². The van der Waals surface area contributed by atoms with Crippen molar-refractivity contribution < 1.29 is 18.0 Å². The fourth-order valence-electron chi connectivity index (χ4n) is 0.825. The number of rotatable bonds is 2. The van der Waals surface area contributed by atoms with Crippen molar-refractivity contribution >= 4 is 5.69 Å². The Labute approximate surface area is 73.3 Å². The summed E-state index contributed by atoms with van der Waals surface area (Å²) in [7, 11) is 0. The van der Waals surface area contributed by atoms with Crippen LogP contribution in [-0.4, -0.2) is 6.36 Å². The molecule has 72 valence electrons. The van der Waals surface area contributed by atoms with Crippen molar-refractivity contribution in [2.75, 3.05) is 5.48 Å². The first-order valence-corrected chi connectivity index (χ1v) is 3.55. The van der Waals surface area contributed by atoms with Gasteiger partial charge in [-0.25, -0.2) is 0 Å². The van der Waals surface area contributed by atoms with Crippen molar-refractivity contribution in [2.24, 2.45) is 0 Å². The third-order valence-electron chi connectivity index (χ3n) is 1.30. The minimum atomic E-state index is -4.66. The van der Waals surface area contributed by atoms with Crippen molar-refractivity contribution in [1.82, 2.24) is 0 Å². The number of nitrogens with one attached hydrogen (secondary N) is 1. The van der Waals surface area contributed by atoms with Crippen LogP contribution in [0.15, 0.2) is 24.3 Å². The van der Waals surface area contributed by atoms with E-state index >= 15 is 0 Å². The molecule has 0 atom stereocenters. The molecule has 5 heteroatoms. The van der Waals surface area contributed by atoms with Gasteiger partial charge in [-0.15, -0.1) is 13.2 Å². The van der Waals surface area contributed by atoms with Crippen molar-refractivity contribution in [3.8, 4) is 0 Å². The molecule has 0 aliphatic rings. The Morgan fingerprint density at radius 2 is 2.00 bits per heavy atom. The summed E-state index contributed by atoms with van der Waals surface area (Å²) >= 11 is 0. The monoisotopic (exact) mass is 191 g/mol. The largest absolute Gasteiger partial charge is 0.543 e. The Morgan fingerprint density at radius 3 is 2.54 bits per heavy atom. The summed E-state index contributed by atoms with van der Waals surface area (Å²) in [6.45, 7) is 1.78. The van der Waals surface area contributed by atoms with Gasteiger partial charge in [-0.2, -0.15) is 4.84 Å². The van der Waals surface area contributed by atoms with Crippen LogP contribution >= 0.6 is 0 Å². The van der Waals surface area contributed by atoms with E-state index in [2.05, 4.69) is 4.84 Å². The molecule has 0 saturated heterocycles. The second-order valence-corrected chi connectivity index (χ2v) is 2.52. The maximum absolute atomic E-state index is 11.6. The van der Waals surface area contributed by atoms with E-state index in [0.717, 1.165) is 5.56 Å². The summed E-state index contributed by atoms with van der Waals surface area (Å²) in [5, 5.41) is 0. The summed E-state index contributed by atoms with van der Waals surface area (Å²) in [6, 6.07) is 6.45. The molecule has 0 unspecified atom stereocenters. The van der Waals surface area contributed by atoms with E-state index in [1.165, 1.54) is 6.07 Å². The molecule has 0 saturated carbocycles. The zero-order valence-electron chi connectivity index (χ0n) is 6.85. The van der Waals surface area contributed by atoms with Gasteiger partial charge in [0.1, 0.15) is 0 Å². The number of hydrogen-bond acceptors (Lipinski definition) is 2. The predicted octanol–water partition coefficient (Wildman–Crippen LogP) is 2.86. The fraction of sp³-hybridized carbons (Fsp3) is 0.250. The molecule has 1 rings (SSSR count). The number of aryl methyl sites for hydroxylation is 1. The second kappa shape index (κ2) is 3.66. The number of anilines is 1. The molecule has 0 aliphatic heterocycles. The SMILES string of the molecule is Cc1cccc(NOC(F)(F)F)c1. The van der Waals surface area contributed by atoms with Gasteiger partial charge in [-0.05, 0) is 24.6 Å². The predicted molar refractivity (Wildman–Crippen MR) is 41.9 cm³/mol. The number of alkyl halides is 3. The van der Waals surface area contributed by atoms with E-state index in [1.807, 2.05) is 0 Å². The second-order valence-electron chi connectivity index (χ2n) is 2.52. The lowest BCUT2D eigenvalue weighted by atomic mass is 10.2. The Morgan fingerprint density at radius 1 is 1.31 bits per heavy atom. The average molecular weight is 191 g/mol. The third kappa shape index (κ3) is 3.80. The van der Waals surface area contributed by atoms with Crippen molar-refractivity contribution in [1.29, 1.82) is 0 Å². The summed E-state index contributed by atoms with van der Waals surface area (Å²) < 4.78 is 34.7. The first-order chi connectivity index (χ1) is 5.97. The van der Waals surface area contributed by atoms with Crippen LogP contribution in [-0.2, 0) is 4.84 Å². The van der Waals surface area contributed by atoms with Crippen LogP contribution < -0.4 is 5.48 Å². The van der Waals surface area contributed by atoms with E-state index in [0.29, 0.717) is 0 Å². The van der Waals surface area contributed by atoms with E-state index in [-0.39, 0.29) is 5.69 Å². The minimum Gasteiger partial charge on any atom is -0.258 e. The van der Waals surface area contributed by atoms with Crippen molar-refractivity contribution in [2.45, 2.75) is 13.3 Å². The first-order valence-electron chi connectivity index (χ1n) is 3.55. The van der Waals surface area contributed by atoms with Gasteiger partial charge in [-0.1, -0.05) is 12.1 Å². The number of halogens is 3. The topological polar surface area (TPSA) is 21.3 Å². The molecule has 0 heterocycles. The van der Waals surface area contributed by atoms with E-state index < -0.39 is 6.36 Å². The molecule has 0 fully saturated rings. The zero-order chi connectivity index (χ0) is 9.90. The normalized spacial score (nSPS) is 11.4. The lowest BCUT2D eigenvalue weighted by molar-refractivity contribution is -0.311. The lowest BCUT2D eigenvalue weighted by Gasteiger charge is -2.09. The molecule has 0 aromatic heterocycles. The smallest absolute Gasteiger partial charge is 0.258 e. The van der Waals surface area contributed by atoms with Gasteiger partial charge in [0.05, 0.1) is 5.69 Å². The molecule has 0 bridgehead atoms. The van der Waals surface area contributed by atoms with Crippen LogP contribution in [0.4, 0.5) is 18.9 Å². The summed E-state index contributed by atoms with van der Waals surface area (Å²) in [5.41, 5.74) is 2.93. The standard InChI is InChI=1S/C8H8F3NO/c1-6-3-2-4-7(5-6)12-13-8(9,10)11/h2-5,12H,1H3. The molecule has 0 aliphatic carbocycles. The zero-order valence-corrected chi connectivity index (χ0v) is 6.85. The third-order valence-corrected chi connectivity index (χ3v) is 1.30. The van der Waals surface area contributed by atoms with Crippen LogP contribution in [0.1, 0.15) is 5.56 Å². The van der Waals surface area contributed by atoms with Gasteiger partial charge in [0.2, 0.25) is 0 Å².